The SMILES string of the molecule is CC(C)C[C@H](NS(=O)(=O)c1ccc2oc3cc(Br)ccc3c2c1)C(=O)O. The molecule has 0 spiro atoms. The number of benzene rings is 2. The molecule has 2 N–H and O–H groups in total. The third-order valence-electron chi connectivity index (χ3n) is 4.02. The van der Waals surface area contributed by atoms with Gasteiger partial charge in [-0.3, -0.25) is 4.79 Å². The highest BCUT2D eigenvalue weighted by Gasteiger charge is 2.26. The topological polar surface area (TPSA) is 96.6 Å². The van der Waals surface area contributed by atoms with Gasteiger partial charge < -0.3 is 9.52 Å². The van der Waals surface area contributed by atoms with Crippen molar-refractivity contribution in [2.24, 2.45) is 5.92 Å². The second kappa shape index (κ2) is 7.02. The van der Waals surface area contributed by atoms with Gasteiger partial charge in [-0.25, -0.2) is 8.42 Å². The molecule has 0 aliphatic rings. The van der Waals surface area contributed by atoms with Gasteiger partial charge in [-0.15, -0.1) is 0 Å². The summed E-state index contributed by atoms with van der Waals surface area (Å²) in [6, 6.07) is 8.82. The van der Waals surface area contributed by atoms with E-state index >= 15 is 0 Å². The molecule has 0 amide bonds. The fourth-order valence-corrected chi connectivity index (χ4v) is 4.39. The maximum absolute atomic E-state index is 12.7. The predicted molar refractivity (Wildman–Crippen MR) is 103 cm³/mol. The standard InChI is InChI=1S/C18H18BrNO5S/c1-10(2)7-15(18(21)22)20-26(23,24)12-4-6-16-14(9-12)13-5-3-11(19)8-17(13)25-16/h3-6,8-10,15,20H,7H2,1-2H3,(H,21,22)/t15-/m0/s1. The van der Waals surface area contributed by atoms with Gasteiger partial charge in [-0.05, 0) is 48.7 Å². The van der Waals surface area contributed by atoms with Crippen LogP contribution in [0.15, 0.2) is 50.2 Å². The average Bonchev–Trinajstić information content (AvgIpc) is 2.89. The van der Waals surface area contributed by atoms with Gasteiger partial charge in [0.1, 0.15) is 17.2 Å². The van der Waals surface area contributed by atoms with E-state index in [1.807, 2.05) is 32.0 Å². The number of nitrogens with one attached hydrogen (secondary N) is 1. The molecule has 0 aliphatic carbocycles. The molecule has 0 bridgehead atoms. The molecule has 1 atom stereocenters. The molecule has 8 heteroatoms. The molecular formula is C18H18BrNO5S. The predicted octanol–water partition coefficient (Wildman–Crippen LogP) is 4.13. The summed E-state index contributed by atoms with van der Waals surface area (Å²) in [6.45, 7) is 3.68. The molecule has 3 rings (SSSR count). The zero-order valence-electron chi connectivity index (χ0n) is 14.2. The van der Waals surface area contributed by atoms with Crippen LogP contribution >= 0.6 is 15.9 Å². The van der Waals surface area contributed by atoms with Gasteiger partial charge in [0.2, 0.25) is 10.0 Å². The summed E-state index contributed by atoms with van der Waals surface area (Å²) >= 11 is 3.37. The van der Waals surface area contributed by atoms with Crippen molar-refractivity contribution >= 4 is 53.9 Å². The fraction of sp³-hybridized carbons (Fsp3) is 0.278. The second-order valence-corrected chi connectivity index (χ2v) is 9.17. The second-order valence-electron chi connectivity index (χ2n) is 6.54. The lowest BCUT2D eigenvalue weighted by molar-refractivity contribution is -0.139. The summed E-state index contributed by atoms with van der Waals surface area (Å²) in [5.41, 5.74) is 1.20. The van der Waals surface area contributed by atoms with Crippen molar-refractivity contribution in [2.45, 2.75) is 31.2 Å². The number of sulfonamides is 1. The molecule has 6 nitrogen and oxygen atoms in total. The first-order valence-corrected chi connectivity index (χ1v) is 10.3. The van der Waals surface area contributed by atoms with Gasteiger partial charge in [0.05, 0.1) is 4.90 Å². The van der Waals surface area contributed by atoms with Gasteiger partial charge in [0.15, 0.2) is 0 Å². The molecule has 0 fully saturated rings. The minimum Gasteiger partial charge on any atom is -0.480 e. The van der Waals surface area contributed by atoms with E-state index in [-0.39, 0.29) is 17.2 Å². The Labute approximate surface area is 159 Å². The maximum atomic E-state index is 12.7. The van der Waals surface area contributed by atoms with Crippen LogP contribution in [-0.2, 0) is 14.8 Å². The quantitative estimate of drug-likeness (QED) is 0.601. The van der Waals surface area contributed by atoms with Crippen LogP contribution in [0.4, 0.5) is 0 Å². The van der Waals surface area contributed by atoms with Gasteiger partial charge in [-0.1, -0.05) is 29.8 Å². The van der Waals surface area contributed by atoms with Crippen LogP contribution in [-0.4, -0.2) is 25.5 Å². The highest BCUT2D eigenvalue weighted by molar-refractivity contribution is 9.10. The summed E-state index contributed by atoms with van der Waals surface area (Å²) < 4.78 is 34.2. The smallest absolute Gasteiger partial charge is 0.321 e. The van der Waals surface area contributed by atoms with Crippen molar-refractivity contribution in [3.63, 3.8) is 0 Å². The van der Waals surface area contributed by atoms with E-state index in [1.165, 1.54) is 12.1 Å². The van der Waals surface area contributed by atoms with Crippen LogP contribution in [0.2, 0.25) is 0 Å². The summed E-state index contributed by atoms with van der Waals surface area (Å²) in [5.74, 6) is -1.15. The van der Waals surface area contributed by atoms with Crippen LogP contribution in [0.5, 0.6) is 0 Å². The Bertz CT molecular complexity index is 1090. The van der Waals surface area contributed by atoms with E-state index in [9.17, 15) is 18.3 Å². The summed E-state index contributed by atoms with van der Waals surface area (Å²) in [7, 11) is -3.98. The highest BCUT2D eigenvalue weighted by Crippen LogP contribution is 2.32. The number of carbonyl (C=O) groups is 1. The normalized spacial score (nSPS) is 13.5. The van der Waals surface area contributed by atoms with E-state index in [0.29, 0.717) is 16.6 Å². The van der Waals surface area contributed by atoms with E-state index in [0.717, 1.165) is 9.86 Å². The third kappa shape index (κ3) is 3.77. The van der Waals surface area contributed by atoms with Crippen molar-refractivity contribution in [1.29, 1.82) is 0 Å². The monoisotopic (exact) mass is 439 g/mol. The average molecular weight is 440 g/mol. The molecule has 0 radical (unpaired) electrons. The molecule has 0 unspecified atom stereocenters. The van der Waals surface area contributed by atoms with Crippen LogP contribution in [0.3, 0.4) is 0 Å². The van der Waals surface area contributed by atoms with E-state index in [4.69, 9.17) is 4.42 Å². The minimum atomic E-state index is -3.98. The van der Waals surface area contributed by atoms with Crippen LogP contribution in [0.1, 0.15) is 20.3 Å². The number of hydrogen-bond acceptors (Lipinski definition) is 4. The largest absolute Gasteiger partial charge is 0.480 e. The lowest BCUT2D eigenvalue weighted by Gasteiger charge is -2.16. The summed E-state index contributed by atoms with van der Waals surface area (Å²) in [6.07, 6.45) is 0.208. The Morgan fingerprint density at radius 3 is 2.54 bits per heavy atom. The van der Waals surface area contributed by atoms with Crippen LogP contribution in [0.25, 0.3) is 21.9 Å². The lowest BCUT2D eigenvalue weighted by Crippen LogP contribution is -2.41. The minimum absolute atomic E-state index is 0.00521. The van der Waals surface area contributed by atoms with Gasteiger partial charge in [0.25, 0.3) is 0 Å². The van der Waals surface area contributed by atoms with Gasteiger partial charge in [-0.2, -0.15) is 4.72 Å². The first-order chi connectivity index (χ1) is 12.2. The fourth-order valence-electron chi connectivity index (χ4n) is 2.82. The molecule has 0 saturated carbocycles. The summed E-state index contributed by atoms with van der Waals surface area (Å²) in [4.78, 5) is 11.4. The molecule has 3 aromatic rings. The Morgan fingerprint density at radius 1 is 1.15 bits per heavy atom. The number of carboxylic acid groups (broad SMARTS) is 1. The third-order valence-corrected chi connectivity index (χ3v) is 5.98. The number of aliphatic carboxylic acids is 1. The zero-order valence-corrected chi connectivity index (χ0v) is 16.6. The van der Waals surface area contributed by atoms with Gasteiger partial charge >= 0.3 is 5.97 Å². The molecule has 0 saturated heterocycles. The Balaban J connectivity index is 2.03. The Hall–Kier alpha value is -1.90. The van der Waals surface area contributed by atoms with E-state index < -0.39 is 22.0 Å². The van der Waals surface area contributed by atoms with Gasteiger partial charge in [0, 0.05) is 15.2 Å². The van der Waals surface area contributed by atoms with Crippen LogP contribution in [0, 0.1) is 5.92 Å². The zero-order chi connectivity index (χ0) is 19.1. The molecule has 26 heavy (non-hydrogen) atoms. The number of carboxylic acids is 1. The highest BCUT2D eigenvalue weighted by atomic mass is 79.9. The number of rotatable bonds is 6. The number of fused-ring (bicyclic) bond motifs is 3. The molecular weight excluding hydrogens is 422 g/mol. The number of halogens is 1. The Morgan fingerprint density at radius 2 is 1.88 bits per heavy atom. The number of hydrogen-bond donors (Lipinski definition) is 2. The van der Waals surface area contributed by atoms with Crippen molar-refractivity contribution in [3.05, 3.63) is 40.9 Å². The van der Waals surface area contributed by atoms with E-state index in [1.54, 1.807) is 6.07 Å². The maximum Gasteiger partial charge on any atom is 0.321 e. The molecule has 2 aromatic carbocycles. The van der Waals surface area contributed by atoms with Crippen LogP contribution < -0.4 is 4.72 Å². The summed E-state index contributed by atoms with van der Waals surface area (Å²) in [5, 5.41) is 10.7. The molecule has 138 valence electrons. The lowest BCUT2D eigenvalue weighted by atomic mass is 10.1. The van der Waals surface area contributed by atoms with Crippen molar-refractivity contribution in [2.75, 3.05) is 0 Å². The number of furan rings is 1. The van der Waals surface area contributed by atoms with Crippen molar-refractivity contribution < 1.29 is 22.7 Å². The van der Waals surface area contributed by atoms with Crippen molar-refractivity contribution in [1.82, 2.24) is 4.72 Å². The molecule has 0 aliphatic heterocycles. The molecule has 1 heterocycles. The Kier molecular flexibility index (Phi) is 5.09. The first kappa shape index (κ1) is 18.9. The van der Waals surface area contributed by atoms with E-state index in [2.05, 4.69) is 20.7 Å². The van der Waals surface area contributed by atoms with Crippen molar-refractivity contribution in [3.8, 4) is 0 Å². The molecule has 1 aromatic heterocycles. The first-order valence-electron chi connectivity index (χ1n) is 8.04.